The first kappa shape index (κ1) is 23.5. The van der Waals surface area contributed by atoms with Gasteiger partial charge in [-0.1, -0.05) is 28.1 Å². The van der Waals surface area contributed by atoms with Gasteiger partial charge in [0.15, 0.2) is 0 Å². The largest absolute Gasteiger partial charge is 0.488 e. The Kier molecular flexibility index (Phi) is 7.46. The summed E-state index contributed by atoms with van der Waals surface area (Å²) in [5.74, 6) is -0.631. The quantitative estimate of drug-likeness (QED) is 0.520. The Morgan fingerprint density at radius 3 is 2.61 bits per heavy atom. The summed E-state index contributed by atoms with van der Waals surface area (Å²) in [5, 5.41) is -0.489. The number of benzene rings is 2. The molecule has 2 aromatic rings. The van der Waals surface area contributed by atoms with Crippen molar-refractivity contribution in [3.05, 3.63) is 68.8 Å². The zero-order chi connectivity index (χ0) is 23.4. The van der Waals surface area contributed by atoms with Gasteiger partial charge in [-0.15, -0.1) is 0 Å². The van der Waals surface area contributed by atoms with E-state index in [-0.39, 0.29) is 29.8 Å². The molecule has 0 unspecified atom stereocenters. The van der Waals surface area contributed by atoms with Crippen LogP contribution < -0.4 is 4.74 Å². The summed E-state index contributed by atoms with van der Waals surface area (Å²) in [6, 6.07) is 11.3. The minimum atomic E-state index is -0.518. The zero-order valence-corrected chi connectivity index (χ0v) is 19.9. The van der Waals surface area contributed by atoms with Crippen molar-refractivity contribution in [2.75, 3.05) is 32.8 Å². The van der Waals surface area contributed by atoms with Gasteiger partial charge >= 0.3 is 0 Å². The monoisotopic (exact) mass is 534 g/mol. The highest BCUT2D eigenvalue weighted by Crippen LogP contribution is 2.35. The molecule has 2 heterocycles. The molecule has 7 nitrogen and oxygen atoms in total. The lowest BCUT2D eigenvalue weighted by Crippen LogP contribution is -2.46. The number of morpholine rings is 1. The number of imide groups is 1. The zero-order valence-electron chi connectivity index (χ0n) is 17.5. The number of thioether (sulfide) groups is 1. The van der Waals surface area contributed by atoms with Crippen LogP contribution in [0.4, 0.5) is 9.18 Å². The van der Waals surface area contributed by atoms with E-state index in [1.165, 1.54) is 12.1 Å². The van der Waals surface area contributed by atoms with Crippen LogP contribution in [0.25, 0.3) is 6.08 Å². The molecular weight excluding hydrogens is 515 g/mol. The molecule has 0 aromatic heterocycles. The van der Waals surface area contributed by atoms with Crippen LogP contribution in [0.2, 0.25) is 0 Å². The van der Waals surface area contributed by atoms with E-state index in [9.17, 15) is 18.8 Å². The molecule has 0 radical (unpaired) electrons. The highest BCUT2D eigenvalue weighted by Gasteiger charge is 2.37. The predicted octanol–water partition coefficient (Wildman–Crippen LogP) is 4.06. The molecule has 3 amide bonds. The second kappa shape index (κ2) is 10.5. The minimum Gasteiger partial charge on any atom is -0.488 e. The molecule has 0 aliphatic carbocycles. The van der Waals surface area contributed by atoms with Gasteiger partial charge in [0.1, 0.15) is 24.7 Å². The maximum absolute atomic E-state index is 13.1. The molecule has 10 heteroatoms. The third kappa shape index (κ3) is 5.82. The van der Waals surface area contributed by atoms with Crippen molar-refractivity contribution < 1.29 is 28.2 Å². The van der Waals surface area contributed by atoms with Crippen LogP contribution in [-0.4, -0.2) is 59.7 Å². The van der Waals surface area contributed by atoms with E-state index in [2.05, 4.69) is 15.9 Å². The lowest BCUT2D eigenvalue weighted by Gasteiger charge is -2.28. The highest BCUT2D eigenvalue weighted by molar-refractivity contribution is 9.10. The third-order valence-electron chi connectivity index (χ3n) is 5.10. The van der Waals surface area contributed by atoms with Gasteiger partial charge in [0.2, 0.25) is 5.91 Å². The summed E-state index contributed by atoms with van der Waals surface area (Å²) in [6.07, 6.45) is 1.58. The molecule has 33 heavy (non-hydrogen) atoms. The Bertz CT molecular complexity index is 1100. The molecule has 2 aliphatic rings. The van der Waals surface area contributed by atoms with Gasteiger partial charge in [-0.3, -0.25) is 19.3 Å². The van der Waals surface area contributed by atoms with Crippen molar-refractivity contribution in [1.82, 2.24) is 9.80 Å². The Balaban J connectivity index is 1.49. The first-order valence-electron chi connectivity index (χ1n) is 10.2. The van der Waals surface area contributed by atoms with E-state index in [0.717, 1.165) is 26.7 Å². The summed E-state index contributed by atoms with van der Waals surface area (Å²) in [4.78, 5) is 40.6. The third-order valence-corrected chi connectivity index (χ3v) is 6.50. The highest BCUT2D eigenvalue weighted by atomic mass is 79.9. The van der Waals surface area contributed by atoms with Crippen LogP contribution >= 0.6 is 27.7 Å². The Morgan fingerprint density at radius 2 is 1.88 bits per heavy atom. The summed E-state index contributed by atoms with van der Waals surface area (Å²) in [6.45, 7) is 1.68. The first-order chi connectivity index (χ1) is 15.9. The van der Waals surface area contributed by atoms with Crippen molar-refractivity contribution in [3.8, 4) is 5.75 Å². The number of hydrogen-bond donors (Lipinski definition) is 0. The summed E-state index contributed by atoms with van der Waals surface area (Å²) in [5.41, 5.74) is 1.38. The molecule has 0 spiro atoms. The molecule has 2 aliphatic heterocycles. The number of halogens is 2. The Morgan fingerprint density at radius 1 is 1.15 bits per heavy atom. The van der Waals surface area contributed by atoms with Gasteiger partial charge in [0.05, 0.1) is 18.1 Å². The van der Waals surface area contributed by atoms with Crippen molar-refractivity contribution in [3.63, 3.8) is 0 Å². The van der Waals surface area contributed by atoms with E-state index in [0.29, 0.717) is 37.6 Å². The number of carbonyl (C=O) groups is 3. The van der Waals surface area contributed by atoms with Crippen LogP contribution in [0.5, 0.6) is 5.75 Å². The number of rotatable bonds is 6. The lowest BCUT2D eigenvalue weighted by atomic mass is 10.1. The predicted molar refractivity (Wildman–Crippen MR) is 125 cm³/mol. The lowest BCUT2D eigenvalue weighted by molar-refractivity contribution is -0.139. The summed E-state index contributed by atoms with van der Waals surface area (Å²) < 4.78 is 25.0. The average molecular weight is 535 g/mol. The second-order valence-corrected chi connectivity index (χ2v) is 9.27. The average Bonchev–Trinajstić information content (AvgIpc) is 3.07. The number of carbonyl (C=O) groups excluding carboxylic acids is 3. The van der Waals surface area contributed by atoms with Crippen LogP contribution in [0.1, 0.15) is 11.1 Å². The maximum Gasteiger partial charge on any atom is 0.294 e. The van der Waals surface area contributed by atoms with E-state index in [1.54, 1.807) is 41.3 Å². The van der Waals surface area contributed by atoms with E-state index < -0.39 is 11.1 Å². The van der Waals surface area contributed by atoms with Crippen LogP contribution in [0.15, 0.2) is 51.8 Å². The SMILES string of the molecule is O=C(CN1C(=O)S/C(=C\c2cc(Br)ccc2OCc2ccc(F)cc2)C1=O)N1CCOCC1. The fraction of sp³-hybridized carbons (Fsp3) is 0.261. The second-order valence-electron chi connectivity index (χ2n) is 7.36. The van der Waals surface area contributed by atoms with Crippen LogP contribution in [-0.2, 0) is 20.9 Å². The molecule has 0 atom stereocenters. The fourth-order valence-corrected chi connectivity index (χ4v) is 4.54. The molecule has 2 aromatic carbocycles. The van der Waals surface area contributed by atoms with Crippen molar-refractivity contribution in [1.29, 1.82) is 0 Å². The normalized spacial score (nSPS) is 17.7. The maximum atomic E-state index is 13.1. The van der Waals surface area contributed by atoms with Crippen molar-refractivity contribution in [2.24, 2.45) is 0 Å². The Hall–Kier alpha value is -2.69. The number of nitrogens with zero attached hydrogens (tertiary/aromatic N) is 2. The standard InChI is InChI=1S/C23H20BrFN2O5S/c24-17-3-6-19(32-14-15-1-4-18(25)5-2-15)16(11-17)12-20-22(29)27(23(30)33-20)13-21(28)26-7-9-31-10-8-26/h1-6,11-12H,7-10,13-14H2/b20-12-. The van der Waals surface area contributed by atoms with Crippen LogP contribution in [0.3, 0.4) is 0 Å². The molecule has 4 rings (SSSR count). The number of amides is 3. The smallest absolute Gasteiger partial charge is 0.294 e. The van der Waals surface area contributed by atoms with Gasteiger partial charge in [-0.2, -0.15) is 0 Å². The Labute approximate surface area is 202 Å². The molecule has 0 saturated carbocycles. The topological polar surface area (TPSA) is 76.2 Å². The molecule has 172 valence electrons. The molecule has 0 N–H and O–H groups in total. The first-order valence-corrected chi connectivity index (χ1v) is 11.8. The van der Waals surface area contributed by atoms with Crippen molar-refractivity contribution >= 4 is 50.8 Å². The molecular formula is C23H20BrFN2O5S. The molecule has 2 fully saturated rings. The number of hydrogen-bond acceptors (Lipinski definition) is 6. The van der Waals surface area contributed by atoms with E-state index in [1.807, 2.05) is 0 Å². The van der Waals surface area contributed by atoms with Gasteiger partial charge in [0, 0.05) is 23.1 Å². The van der Waals surface area contributed by atoms with E-state index >= 15 is 0 Å². The van der Waals surface area contributed by atoms with E-state index in [4.69, 9.17) is 9.47 Å². The van der Waals surface area contributed by atoms with Gasteiger partial charge in [-0.25, -0.2) is 4.39 Å². The van der Waals surface area contributed by atoms with Gasteiger partial charge < -0.3 is 14.4 Å². The minimum absolute atomic E-state index is 0.207. The summed E-state index contributed by atoms with van der Waals surface area (Å²) >= 11 is 4.20. The van der Waals surface area contributed by atoms with Gasteiger partial charge in [-0.05, 0) is 53.7 Å². The molecule has 0 bridgehead atoms. The number of ether oxygens (including phenoxy) is 2. The molecule has 2 saturated heterocycles. The van der Waals surface area contributed by atoms with Crippen LogP contribution in [0, 0.1) is 5.82 Å². The van der Waals surface area contributed by atoms with Gasteiger partial charge in [0.25, 0.3) is 11.1 Å². The fourth-order valence-electron chi connectivity index (χ4n) is 3.33. The van der Waals surface area contributed by atoms with Crippen molar-refractivity contribution in [2.45, 2.75) is 6.61 Å². The summed E-state index contributed by atoms with van der Waals surface area (Å²) in [7, 11) is 0.